The number of nitrogens with two attached hydrogens (primary N) is 1. The van der Waals surface area contributed by atoms with Crippen molar-refractivity contribution in [1.82, 2.24) is 4.31 Å². The van der Waals surface area contributed by atoms with Gasteiger partial charge >= 0.3 is 0 Å². The summed E-state index contributed by atoms with van der Waals surface area (Å²) in [4.78, 5) is 0.375. The van der Waals surface area contributed by atoms with Gasteiger partial charge in [0.05, 0.1) is 9.74 Å². The molecule has 2 N–H and O–H groups in total. The zero-order valence-corrected chi connectivity index (χ0v) is 14.1. The molecular weight excluding hydrogens is 328 g/mol. The van der Waals surface area contributed by atoms with E-state index in [0.29, 0.717) is 17.8 Å². The van der Waals surface area contributed by atoms with Crippen LogP contribution in [0.3, 0.4) is 0 Å². The maximum absolute atomic E-state index is 11.9. The molecule has 19 heavy (non-hydrogen) atoms. The molecule has 0 bridgehead atoms. The monoisotopic (exact) mass is 346 g/mol. The summed E-state index contributed by atoms with van der Waals surface area (Å²) in [5, 5.41) is -0.848. The van der Waals surface area contributed by atoms with E-state index in [1.54, 1.807) is 0 Å². The van der Waals surface area contributed by atoms with Crippen molar-refractivity contribution < 1.29 is 16.8 Å². The first kappa shape index (κ1) is 17.2. The number of sulfone groups is 1. The highest BCUT2D eigenvalue weighted by molar-refractivity contribution is 8.06. The van der Waals surface area contributed by atoms with Crippen LogP contribution in [0.25, 0.3) is 0 Å². The summed E-state index contributed by atoms with van der Waals surface area (Å²) >= 11 is 6.56. The number of thioether (sulfide) groups is 1. The molecule has 1 rings (SSSR count). The molecule has 0 atom stereocenters. The Morgan fingerprint density at radius 1 is 1.32 bits per heavy atom. The van der Waals surface area contributed by atoms with Gasteiger partial charge in [0.1, 0.15) is 0 Å². The van der Waals surface area contributed by atoms with E-state index < -0.39 is 24.9 Å². The summed E-state index contributed by atoms with van der Waals surface area (Å²) in [6, 6.07) is 0. The van der Waals surface area contributed by atoms with E-state index in [4.69, 9.17) is 18.0 Å². The normalized spacial score (nSPS) is 21.2. The highest BCUT2D eigenvalue weighted by atomic mass is 32.3. The Morgan fingerprint density at radius 3 is 2.11 bits per heavy atom. The molecular formula is C9H18N2O4S4. The number of sulfonamides is 1. The Hall–Kier alpha value is 0.1000. The van der Waals surface area contributed by atoms with Crippen molar-refractivity contribution >= 4 is 48.8 Å². The number of rotatable bonds is 5. The van der Waals surface area contributed by atoms with Gasteiger partial charge in [-0.2, -0.15) is 11.8 Å². The van der Waals surface area contributed by atoms with Crippen LogP contribution in [-0.4, -0.2) is 61.6 Å². The molecule has 0 radical (unpaired) electrons. The fourth-order valence-corrected chi connectivity index (χ4v) is 6.77. The highest BCUT2D eigenvalue weighted by Gasteiger charge is 2.40. The Kier molecular flexibility index (Phi) is 5.27. The minimum atomic E-state index is -3.77. The van der Waals surface area contributed by atoms with Crippen LogP contribution < -0.4 is 5.73 Å². The van der Waals surface area contributed by atoms with Crippen LogP contribution >= 0.6 is 24.0 Å². The van der Waals surface area contributed by atoms with Crippen LogP contribution in [0.4, 0.5) is 0 Å². The second-order valence-corrected chi connectivity index (χ2v) is 10.7. The summed E-state index contributed by atoms with van der Waals surface area (Å²) < 4.78 is 47.0. The molecule has 0 spiro atoms. The Bertz CT molecular complexity index is 547. The number of thiocarbonyl (C=S) groups is 1. The highest BCUT2D eigenvalue weighted by Crippen LogP contribution is 2.35. The second-order valence-electron chi connectivity index (χ2n) is 4.62. The van der Waals surface area contributed by atoms with Crippen molar-refractivity contribution in [3.05, 3.63) is 0 Å². The minimum absolute atomic E-state index is 0.246. The average molecular weight is 347 g/mol. The van der Waals surface area contributed by atoms with Crippen molar-refractivity contribution in [1.29, 1.82) is 0 Å². The summed E-state index contributed by atoms with van der Waals surface area (Å²) in [6.45, 7) is 0.492. The zero-order chi connectivity index (χ0) is 14.9. The fraction of sp³-hybridized carbons (Fsp3) is 0.889. The smallest absolute Gasteiger partial charge is 0.228 e. The predicted octanol–water partition coefficient (Wildman–Crippen LogP) is -0.198. The molecule has 1 heterocycles. The maximum atomic E-state index is 11.9. The number of piperidine rings is 1. The van der Waals surface area contributed by atoms with Gasteiger partial charge in [0, 0.05) is 19.3 Å². The van der Waals surface area contributed by atoms with Gasteiger partial charge in [-0.25, -0.2) is 21.1 Å². The van der Waals surface area contributed by atoms with Crippen LogP contribution in [0, 0.1) is 0 Å². The molecule has 0 saturated carbocycles. The van der Waals surface area contributed by atoms with E-state index in [0.717, 1.165) is 6.26 Å². The van der Waals surface area contributed by atoms with E-state index in [1.165, 1.54) is 16.1 Å². The maximum Gasteiger partial charge on any atom is 0.228 e. The summed E-state index contributed by atoms with van der Waals surface area (Å²) in [5.41, 5.74) is 5.72. The molecule has 0 aromatic rings. The van der Waals surface area contributed by atoms with Crippen LogP contribution in [0.2, 0.25) is 0 Å². The third-order valence-corrected chi connectivity index (χ3v) is 9.11. The molecule has 1 saturated heterocycles. The van der Waals surface area contributed by atoms with Gasteiger partial charge < -0.3 is 5.73 Å². The summed E-state index contributed by atoms with van der Waals surface area (Å²) in [5.74, 6) is 0. The van der Waals surface area contributed by atoms with E-state index >= 15 is 0 Å². The molecule has 0 unspecified atom stereocenters. The number of hydrogen-bond acceptors (Lipinski definition) is 6. The lowest BCUT2D eigenvalue weighted by Crippen LogP contribution is -2.51. The van der Waals surface area contributed by atoms with Gasteiger partial charge in [0.2, 0.25) is 10.0 Å². The molecule has 0 aliphatic carbocycles. The molecule has 0 amide bonds. The minimum Gasteiger partial charge on any atom is -0.392 e. The van der Waals surface area contributed by atoms with Crippen molar-refractivity contribution in [2.45, 2.75) is 17.6 Å². The quantitative estimate of drug-likeness (QED) is 0.689. The van der Waals surface area contributed by atoms with E-state index in [9.17, 15) is 16.8 Å². The third kappa shape index (κ3) is 4.28. The van der Waals surface area contributed by atoms with Crippen molar-refractivity contribution in [3.63, 3.8) is 0 Å². The van der Waals surface area contributed by atoms with E-state index in [-0.39, 0.29) is 17.8 Å². The summed E-state index contributed by atoms with van der Waals surface area (Å²) in [7, 11) is -7.34. The van der Waals surface area contributed by atoms with Crippen molar-refractivity contribution in [2.24, 2.45) is 5.73 Å². The molecule has 0 aromatic heterocycles. The Balaban J connectivity index is 2.82. The van der Waals surface area contributed by atoms with Crippen molar-refractivity contribution in [3.8, 4) is 0 Å². The Labute approximate surface area is 124 Å². The third-order valence-electron chi connectivity index (χ3n) is 3.13. The molecule has 1 aliphatic heterocycles. The predicted molar refractivity (Wildman–Crippen MR) is 82.5 cm³/mol. The van der Waals surface area contributed by atoms with Gasteiger partial charge in [-0.3, -0.25) is 0 Å². The van der Waals surface area contributed by atoms with Crippen LogP contribution in [0.15, 0.2) is 0 Å². The molecule has 6 nitrogen and oxygen atoms in total. The summed E-state index contributed by atoms with van der Waals surface area (Å²) in [6.07, 6.45) is 3.81. The standard InChI is InChI=1S/C9H18N2O4S4/c1-17-9(8(10)16)3-5-11(6-4-9)19(14,15)7-18(2,12)13/h3-7H2,1-2H3,(H2,10,16). The topological polar surface area (TPSA) is 97.5 Å². The van der Waals surface area contributed by atoms with Crippen LogP contribution in [0.5, 0.6) is 0 Å². The number of hydrogen-bond donors (Lipinski definition) is 1. The first-order valence-electron chi connectivity index (χ1n) is 5.53. The molecule has 10 heteroatoms. The molecule has 112 valence electrons. The largest absolute Gasteiger partial charge is 0.392 e. The van der Waals surface area contributed by atoms with Crippen LogP contribution in [0.1, 0.15) is 12.8 Å². The first-order chi connectivity index (χ1) is 8.52. The lowest BCUT2D eigenvalue weighted by molar-refractivity contribution is 0.334. The molecule has 0 aromatic carbocycles. The SMILES string of the molecule is CSC1(C(N)=S)CCN(S(=O)(=O)CS(C)(=O)=O)CC1. The Morgan fingerprint density at radius 2 is 1.79 bits per heavy atom. The van der Waals surface area contributed by atoms with Gasteiger partial charge in [0.25, 0.3) is 0 Å². The van der Waals surface area contributed by atoms with E-state index in [1.807, 2.05) is 6.26 Å². The van der Waals surface area contributed by atoms with Crippen molar-refractivity contribution in [2.75, 3.05) is 30.7 Å². The van der Waals surface area contributed by atoms with Gasteiger partial charge in [-0.15, -0.1) is 0 Å². The molecule has 1 aliphatic rings. The lowest BCUT2D eigenvalue weighted by Gasteiger charge is -2.39. The van der Waals surface area contributed by atoms with Gasteiger partial charge in [-0.05, 0) is 19.1 Å². The second kappa shape index (κ2) is 5.84. The fourth-order valence-electron chi connectivity index (χ4n) is 2.02. The van der Waals surface area contributed by atoms with Crippen LogP contribution in [-0.2, 0) is 19.9 Å². The zero-order valence-electron chi connectivity index (χ0n) is 10.8. The van der Waals surface area contributed by atoms with Gasteiger partial charge in [0.15, 0.2) is 14.9 Å². The number of nitrogens with zero attached hydrogens (tertiary/aromatic N) is 1. The molecule has 1 fully saturated rings. The van der Waals surface area contributed by atoms with E-state index in [2.05, 4.69) is 0 Å². The average Bonchev–Trinajstić information content (AvgIpc) is 2.25. The first-order valence-corrected chi connectivity index (χ1v) is 10.8. The lowest BCUT2D eigenvalue weighted by atomic mass is 9.97. The van der Waals surface area contributed by atoms with Gasteiger partial charge in [-0.1, -0.05) is 12.2 Å².